The number of esters is 1. The second-order valence-electron chi connectivity index (χ2n) is 5.26. The van der Waals surface area contributed by atoms with E-state index >= 15 is 0 Å². The summed E-state index contributed by atoms with van der Waals surface area (Å²) in [5.74, 6) is 0.384. The Morgan fingerprint density at radius 3 is 2.58 bits per heavy atom. The zero-order valence-corrected chi connectivity index (χ0v) is 14.6. The van der Waals surface area contributed by atoms with E-state index < -0.39 is 12.1 Å². The number of carbonyl (C=O) groups is 1. The number of benzene rings is 2. The minimum Gasteiger partial charge on any atom is -0.594 e. The van der Waals surface area contributed by atoms with Crippen LogP contribution in [0.3, 0.4) is 0 Å². The van der Waals surface area contributed by atoms with E-state index in [4.69, 9.17) is 21.1 Å². The molecule has 0 fully saturated rings. The van der Waals surface area contributed by atoms with Crippen LogP contribution in [0.1, 0.15) is 6.92 Å². The molecule has 1 atom stereocenters. The second-order valence-corrected chi connectivity index (χ2v) is 5.69. The molecule has 0 aliphatic rings. The highest BCUT2D eigenvalue weighted by Crippen LogP contribution is 2.23. The van der Waals surface area contributed by atoms with E-state index in [1.807, 2.05) is 0 Å². The van der Waals surface area contributed by atoms with Crippen LogP contribution in [0, 0.1) is 5.21 Å². The lowest BCUT2D eigenvalue weighted by atomic mass is 10.3. The Labute approximate surface area is 153 Å². The number of aromatic nitrogens is 3. The monoisotopic (exact) mass is 375 g/mol. The number of ether oxygens (including phenoxy) is 3. The van der Waals surface area contributed by atoms with Crippen LogP contribution in [-0.4, -0.2) is 29.3 Å². The van der Waals surface area contributed by atoms with Crippen molar-refractivity contribution in [3.05, 3.63) is 52.7 Å². The fourth-order valence-corrected chi connectivity index (χ4v) is 2.32. The summed E-state index contributed by atoms with van der Waals surface area (Å²) in [6.45, 7) is 1.58. The van der Waals surface area contributed by atoms with Crippen molar-refractivity contribution in [2.24, 2.45) is 0 Å². The zero-order chi connectivity index (χ0) is 18.7. The van der Waals surface area contributed by atoms with Crippen molar-refractivity contribution >= 4 is 28.6 Å². The molecule has 0 bridgehead atoms. The van der Waals surface area contributed by atoms with Gasteiger partial charge in [-0.25, -0.2) is 4.79 Å². The van der Waals surface area contributed by atoms with Gasteiger partial charge in [-0.2, -0.15) is 4.98 Å². The molecule has 0 radical (unpaired) electrons. The van der Waals surface area contributed by atoms with Gasteiger partial charge in [0, 0.05) is 11.1 Å². The van der Waals surface area contributed by atoms with Crippen molar-refractivity contribution in [2.75, 3.05) is 7.11 Å². The van der Waals surface area contributed by atoms with Gasteiger partial charge in [-0.05, 0) is 48.2 Å². The minimum absolute atomic E-state index is 0.105. The molecule has 134 valence electrons. The molecule has 0 saturated heterocycles. The predicted octanol–water partition coefficient (Wildman–Crippen LogP) is 2.65. The van der Waals surface area contributed by atoms with E-state index in [9.17, 15) is 10.0 Å². The van der Waals surface area contributed by atoms with Crippen molar-refractivity contribution in [1.29, 1.82) is 0 Å². The Balaban J connectivity index is 1.76. The Hall–Kier alpha value is -3.13. The van der Waals surface area contributed by atoms with Gasteiger partial charge in [0.2, 0.25) is 0 Å². The Morgan fingerprint density at radius 1 is 1.19 bits per heavy atom. The summed E-state index contributed by atoms with van der Waals surface area (Å²) in [4.78, 5) is 15.9. The molecule has 9 heteroatoms. The fraction of sp³-hybridized carbons (Fsp3) is 0.176. The van der Waals surface area contributed by atoms with Gasteiger partial charge in [-0.3, -0.25) is 0 Å². The van der Waals surface area contributed by atoms with E-state index in [0.717, 1.165) is 0 Å². The van der Waals surface area contributed by atoms with Gasteiger partial charge < -0.3 is 19.4 Å². The summed E-state index contributed by atoms with van der Waals surface area (Å²) < 4.78 is 15.5. The summed E-state index contributed by atoms with van der Waals surface area (Å²) >= 11 is 5.86. The molecule has 0 aliphatic carbocycles. The lowest BCUT2D eigenvalue weighted by Crippen LogP contribution is -2.32. The summed E-state index contributed by atoms with van der Waals surface area (Å²) in [6, 6.07) is 11.0. The lowest BCUT2D eigenvalue weighted by molar-refractivity contribution is -0.643. The first-order valence-corrected chi connectivity index (χ1v) is 7.93. The van der Waals surface area contributed by atoms with E-state index in [-0.39, 0.29) is 11.5 Å². The molecule has 0 saturated carbocycles. The molecule has 1 aromatic heterocycles. The van der Waals surface area contributed by atoms with Gasteiger partial charge >= 0.3 is 12.0 Å². The minimum atomic E-state index is -0.734. The van der Waals surface area contributed by atoms with Crippen LogP contribution in [0.5, 0.6) is 17.5 Å². The Morgan fingerprint density at radius 2 is 1.88 bits per heavy atom. The Bertz CT molecular complexity index is 949. The highest BCUT2D eigenvalue weighted by Gasteiger charge is 2.15. The van der Waals surface area contributed by atoms with Crippen LogP contribution >= 0.6 is 11.6 Å². The lowest BCUT2D eigenvalue weighted by Gasteiger charge is -2.12. The average molecular weight is 376 g/mol. The van der Waals surface area contributed by atoms with Crippen LogP contribution in [0.25, 0.3) is 11.0 Å². The number of halogens is 1. The molecule has 3 aromatic rings. The zero-order valence-electron chi connectivity index (χ0n) is 13.9. The molecule has 0 aliphatic heterocycles. The van der Waals surface area contributed by atoms with E-state index in [2.05, 4.69) is 14.8 Å². The van der Waals surface area contributed by atoms with Gasteiger partial charge in [0.05, 0.1) is 12.2 Å². The number of fused-ring (bicyclic) bond motifs is 1. The highest BCUT2D eigenvalue weighted by atomic mass is 35.5. The number of hydrogen-bond acceptors (Lipinski definition) is 7. The summed E-state index contributed by atoms with van der Waals surface area (Å²) in [5, 5.41) is 16.1. The van der Waals surface area contributed by atoms with Crippen LogP contribution < -0.4 is 14.3 Å². The topological polar surface area (TPSA) is 97.5 Å². The molecule has 1 heterocycles. The Kier molecular flexibility index (Phi) is 5.04. The second kappa shape index (κ2) is 7.40. The maximum atomic E-state index is 12.0. The molecule has 3 rings (SSSR count). The third kappa shape index (κ3) is 3.92. The number of nitrogens with zero attached hydrogens (tertiary/aromatic N) is 3. The first-order chi connectivity index (χ1) is 12.5. The molecule has 0 amide bonds. The third-order valence-corrected chi connectivity index (χ3v) is 3.65. The summed E-state index contributed by atoms with van der Waals surface area (Å²) in [7, 11) is 1.29. The predicted molar refractivity (Wildman–Crippen MR) is 92.1 cm³/mol. The standard InChI is InChI=1S/C17H14ClN3O5/c1-10(16(22)24-2)25-12-4-6-13(7-5-12)26-17-19-14-8-3-11(18)9-15(14)21(23)20-17/h3-10H,1-2H3. The SMILES string of the molecule is COC(=O)C(C)Oc1ccc(Oc2nc3ccc(Cl)cc3[n+]([O-])n2)cc1. The van der Waals surface area contributed by atoms with Crippen molar-refractivity contribution in [1.82, 2.24) is 10.1 Å². The van der Waals surface area contributed by atoms with Crippen molar-refractivity contribution in [2.45, 2.75) is 13.0 Å². The van der Waals surface area contributed by atoms with Crippen LogP contribution in [0.2, 0.25) is 5.02 Å². The fourth-order valence-electron chi connectivity index (χ4n) is 2.15. The van der Waals surface area contributed by atoms with Gasteiger partial charge in [0.25, 0.3) is 5.52 Å². The number of hydrogen-bond donors (Lipinski definition) is 0. The normalized spacial score (nSPS) is 11.8. The average Bonchev–Trinajstić information content (AvgIpc) is 2.63. The van der Waals surface area contributed by atoms with Gasteiger partial charge in [0.1, 0.15) is 17.0 Å². The summed E-state index contributed by atoms with van der Waals surface area (Å²) in [5.41, 5.74) is 0.645. The molecule has 2 aromatic carbocycles. The van der Waals surface area contributed by atoms with E-state index in [1.165, 1.54) is 13.2 Å². The smallest absolute Gasteiger partial charge is 0.386 e. The number of rotatable bonds is 5. The van der Waals surface area contributed by atoms with Crippen LogP contribution in [0.4, 0.5) is 0 Å². The van der Waals surface area contributed by atoms with Gasteiger partial charge in [0.15, 0.2) is 6.10 Å². The molecule has 8 nitrogen and oxygen atoms in total. The van der Waals surface area contributed by atoms with Gasteiger partial charge in [-0.15, -0.1) is 0 Å². The van der Waals surface area contributed by atoms with Gasteiger partial charge in [-0.1, -0.05) is 11.6 Å². The molecular weight excluding hydrogens is 362 g/mol. The van der Waals surface area contributed by atoms with Crippen molar-refractivity contribution in [3.8, 4) is 17.5 Å². The third-order valence-electron chi connectivity index (χ3n) is 3.41. The summed E-state index contributed by atoms with van der Waals surface area (Å²) in [6.07, 6.45) is -0.734. The van der Waals surface area contributed by atoms with Crippen molar-refractivity contribution < 1.29 is 23.9 Å². The van der Waals surface area contributed by atoms with Crippen molar-refractivity contribution in [3.63, 3.8) is 0 Å². The molecule has 26 heavy (non-hydrogen) atoms. The quantitative estimate of drug-likeness (QED) is 0.384. The van der Waals surface area contributed by atoms with E-state index in [0.29, 0.717) is 26.9 Å². The molecule has 0 spiro atoms. The molecule has 0 N–H and O–H groups in total. The molecule has 1 unspecified atom stereocenters. The number of carbonyl (C=O) groups excluding carboxylic acids is 1. The maximum absolute atomic E-state index is 12.0. The molecular formula is C17H14ClN3O5. The maximum Gasteiger partial charge on any atom is 0.386 e. The largest absolute Gasteiger partial charge is 0.594 e. The van der Waals surface area contributed by atoms with E-state index in [1.54, 1.807) is 43.3 Å². The first-order valence-electron chi connectivity index (χ1n) is 7.56. The number of methoxy groups -OCH3 is 1. The first kappa shape index (κ1) is 17.7. The van der Waals surface area contributed by atoms with Crippen LogP contribution in [-0.2, 0) is 9.53 Å². The van der Waals surface area contributed by atoms with Crippen LogP contribution in [0.15, 0.2) is 42.5 Å². The highest BCUT2D eigenvalue weighted by molar-refractivity contribution is 6.31.